The van der Waals surface area contributed by atoms with E-state index in [-0.39, 0.29) is 23.9 Å². The van der Waals surface area contributed by atoms with E-state index in [2.05, 4.69) is 15.8 Å². The first-order chi connectivity index (χ1) is 20.6. The number of aromatic nitrogens is 1. The molecule has 3 amide bonds. The monoisotopic (exact) mass is 566 g/mol. The van der Waals surface area contributed by atoms with Crippen molar-refractivity contribution in [3.05, 3.63) is 114 Å². The van der Waals surface area contributed by atoms with E-state index in [0.29, 0.717) is 44.9 Å². The number of morpholine rings is 1. The lowest BCUT2D eigenvalue weighted by molar-refractivity contribution is -0.123. The van der Waals surface area contributed by atoms with Crippen LogP contribution in [0.5, 0.6) is 0 Å². The molecule has 1 fully saturated rings. The van der Waals surface area contributed by atoms with Gasteiger partial charge in [-0.15, -0.1) is 0 Å². The van der Waals surface area contributed by atoms with Crippen LogP contribution in [0, 0.1) is 0 Å². The maximum Gasteiger partial charge on any atom is 0.318 e. The Kier molecular flexibility index (Phi) is 9.74. The number of rotatable bonds is 11. The first-order valence-corrected chi connectivity index (χ1v) is 14.1. The molecule has 1 aromatic heterocycles. The van der Waals surface area contributed by atoms with Crippen molar-refractivity contribution in [1.29, 1.82) is 0 Å². The van der Waals surface area contributed by atoms with Gasteiger partial charge in [0.25, 0.3) is 0 Å². The number of amides is 3. The molecule has 9 heteroatoms. The molecule has 5 rings (SSSR count). The number of benzene rings is 3. The van der Waals surface area contributed by atoms with E-state index in [0.717, 1.165) is 16.7 Å². The number of carbonyl (C=O) groups is 3. The van der Waals surface area contributed by atoms with Crippen molar-refractivity contribution in [2.24, 2.45) is 0 Å². The molecule has 2 heterocycles. The number of nitrogens with one attached hydrogen (secondary N) is 2. The van der Waals surface area contributed by atoms with Crippen LogP contribution in [0.1, 0.15) is 28.0 Å². The van der Waals surface area contributed by atoms with Crippen LogP contribution in [0.3, 0.4) is 0 Å². The van der Waals surface area contributed by atoms with Crippen LogP contribution in [0.4, 0.5) is 4.79 Å². The molecular formula is C33H34N4O5. The van der Waals surface area contributed by atoms with Crippen molar-refractivity contribution < 1.29 is 23.6 Å². The van der Waals surface area contributed by atoms with E-state index in [4.69, 9.17) is 9.26 Å². The maximum absolute atomic E-state index is 13.8. The zero-order valence-electron chi connectivity index (χ0n) is 23.3. The molecule has 0 aliphatic carbocycles. The summed E-state index contributed by atoms with van der Waals surface area (Å²) in [6.07, 6.45) is 1.17. The molecule has 2 N–H and O–H groups in total. The molecule has 1 saturated heterocycles. The van der Waals surface area contributed by atoms with Gasteiger partial charge in [0.15, 0.2) is 11.5 Å². The number of hydrogen-bond donors (Lipinski definition) is 2. The van der Waals surface area contributed by atoms with Crippen molar-refractivity contribution in [3.8, 4) is 11.3 Å². The van der Waals surface area contributed by atoms with Crippen LogP contribution in [0.15, 0.2) is 102 Å². The number of hydrogen-bond acceptors (Lipinski definition) is 6. The molecule has 42 heavy (non-hydrogen) atoms. The normalized spacial score (nSPS) is 14.5. The van der Waals surface area contributed by atoms with Gasteiger partial charge in [0.2, 0.25) is 11.7 Å². The summed E-state index contributed by atoms with van der Waals surface area (Å²) in [7, 11) is 0. The third-order valence-electron chi connectivity index (χ3n) is 7.21. The van der Waals surface area contributed by atoms with Crippen LogP contribution in [-0.2, 0) is 22.4 Å². The number of nitrogens with zero attached hydrogens (tertiary/aromatic N) is 2. The van der Waals surface area contributed by atoms with Gasteiger partial charge in [-0.25, -0.2) is 4.79 Å². The Labute approximate surface area is 244 Å². The van der Waals surface area contributed by atoms with Crippen molar-refractivity contribution >= 4 is 17.7 Å². The van der Waals surface area contributed by atoms with Crippen LogP contribution in [-0.4, -0.2) is 66.2 Å². The van der Waals surface area contributed by atoms with Gasteiger partial charge in [0.1, 0.15) is 6.04 Å². The Balaban J connectivity index is 1.36. The highest BCUT2D eigenvalue weighted by Gasteiger charge is 2.30. The fraction of sp³-hybridized carbons (Fsp3) is 0.273. The highest BCUT2D eigenvalue weighted by atomic mass is 16.5. The maximum atomic E-state index is 13.8. The highest BCUT2D eigenvalue weighted by Crippen LogP contribution is 2.21. The summed E-state index contributed by atoms with van der Waals surface area (Å²) in [5, 5.41) is 9.86. The lowest BCUT2D eigenvalue weighted by atomic mass is 9.98. The Hall–Kier alpha value is -4.76. The summed E-state index contributed by atoms with van der Waals surface area (Å²) in [5.41, 5.74) is 2.85. The van der Waals surface area contributed by atoms with E-state index in [1.54, 1.807) is 11.0 Å². The molecule has 0 spiro atoms. The molecule has 2 atom stereocenters. The summed E-state index contributed by atoms with van der Waals surface area (Å²) in [6, 6.07) is 28.1. The molecule has 3 aromatic carbocycles. The largest absolute Gasteiger partial charge is 0.378 e. The number of ketones is 1. The molecule has 0 unspecified atom stereocenters. The molecular weight excluding hydrogens is 532 g/mol. The van der Waals surface area contributed by atoms with Crippen LogP contribution in [0.2, 0.25) is 0 Å². The lowest BCUT2D eigenvalue weighted by Gasteiger charge is -2.29. The second-order valence-electron chi connectivity index (χ2n) is 10.2. The molecule has 0 bridgehead atoms. The predicted molar refractivity (Wildman–Crippen MR) is 158 cm³/mol. The zero-order valence-corrected chi connectivity index (χ0v) is 23.3. The average Bonchev–Trinajstić information content (AvgIpc) is 3.55. The van der Waals surface area contributed by atoms with Gasteiger partial charge in [-0.1, -0.05) is 96.2 Å². The Morgan fingerprint density at radius 2 is 1.40 bits per heavy atom. The zero-order chi connectivity index (χ0) is 29.1. The van der Waals surface area contributed by atoms with Gasteiger partial charge in [-0.3, -0.25) is 9.59 Å². The quantitative estimate of drug-likeness (QED) is 0.262. The molecule has 4 aromatic rings. The summed E-state index contributed by atoms with van der Waals surface area (Å²) in [4.78, 5) is 42.2. The number of Topliss-reactive ketones (excluding diaryl/α,β-unsaturated/α-hetero) is 1. The van der Waals surface area contributed by atoms with Gasteiger partial charge < -0.3 is 24.8 Å². The van der Waals surface area contributed by atoms with Crippen molar-refractivity contribution in [2.45, 2.75) is 31.3 Å². The van der Waals surface area contributed by atoms with Gasteiger partial charge >= 0.3 is 6.03 Å². The third kappa shape index (κ3) is 7.70. The van der Waals surface area contributed by atoms with E-state index < -0.39 is 18.0 Å². The summed E-state index contributed by atoms with van der Waals surface area (Å²) < 4.78 is 10.8. The van der Waals surface area contributed by atoms with Gasteiger partial charge in [0, 0.05) is 31.1 Å². The van der Waals surface area contributed by atoms with Gasteiger partial charge in [-0.2, -0.15) is 0 Å². The molecule has 1 aliphatic rings. The van der Waals surface area contributed by atoms with Crippen molar-refractivity contribution in [1.82, 2.24) is 20.7 Å². The first kappa shape index (κ1) is 28.8. The van der Waals surface area contributed by atoms with E-state index in [1.165, 1.54) is 0 Å². The molecule has 216 valence electrons. The molecule has 9 nitrogen and oxygen atoms in total. The smallest absolute Gasteiger partial charge is 0.318 e. The van der Waals surface area contributed by atoms with E-state index >= 15 is 0 Å². The number of carbonyl (C=O) groups excluding carboxylic acids is 3. The van der Waals surface area contributed by atoms with Crippen molar-refractivity contribution in [3.63, 3.8) is 0 Å². The third-order valence-corrected chi connectivity index (χ3v) is 7.21. The average molecular weight is 567 g/mol. The first-order valence-electron chi connectivity index (χ1n) is 14.1. The second-order valence-corrected chi connectivity index (χ2v) is 10.2. The van der Waals surface area contributed by atoms with Gasteiger partial charge in [-0.05, 0) is 24.0 Å². The summed E-state index contributed by atoms with van der Waals surface area (Å²) >= 11 is 0. The van der Waals surface area contributed by atoms with Crippen LogP contribution in [0.25, 0.3) is 11.3 Å². The Morgan fingerprint density at radius 3 is 2.07 bits per heavy atom. The molecule has 1 aliphatic heterocycles. The van der Waals surface area contributed by atoms with E-state index in [9.17, 15) is 14.4 Å². The fourth-order valence-electron chi connectivity index (χ4n) is 4.87. The standard InChI is InChI=1S/C33H34N4O5/c38-31(28-23-30(42-36-28)26-14-8-3-9-15-26)27(17-16-24-10-4-1-5-11-24)34-32(39)29(22-25-12-6-2-7-13-25)35-33(40)37-18-20-41-21-19-37/h1-15,23,27,29H,16-22H2,(H,34,39)(H,35,40)/t27-,29-/m0/s1. The topological polar surface area (TPSA) is 114 Å². The highest BCUT2D eigenvalue weighted by molar-refractivity contribution is 6.01. The Morgan fingerprint density at radius 1 is 0.786 bits per heavy atom. The fourth-order valence-corrected chi connectivity index (χ4v) is 4.87. The predicted octanol–water partition coefficient (Wildman–Crippen LogP) is 4.30. The van der Waals surface area contributed by atoms with Crippen molar-refractivity contribution in [2.75, 3.05) is 26.3 Å². The van der Waals surface area contributed by atoms with Crippen LogP contribution < -0.4 is 10.6 Å². The minimum atomic E-state index is -0.896. The number of ether oxygens (including phenoxy) is 1. The summed E-state index contributed by atoms with van der Waals surface area (Å²) in [6.45, 7) is 1.78. The number of urea groups is 1. The minimum Gasteiger partial charge on any atom is -0.378 e. The van der Waals surface area contributed by atoms with Gasteiger partial charge in [0.05, 0.1) is 19.3 Å². The SMILES string of the molecule is O=C(N[C@@H](CCc1ccccc1)C(=O)c1cc(-c2ccccc2)on1)[C@H](Cc1ccccc1)NC(=O)N1CCOCC1. The molecule has 0 saturated carbocycles. The number of aryl methyl sites for hydroxylation is 1. The van der Waals surface area contributed by atoms with E-state index in [1.807, 2.05) is 91.0 Å². The van der Waals surface area contributed by atoms with Crippen LogP contribution >= 0.6 is 0 Å². The second kappa shape index (κ2) is 14.2. The minimum absolute atomic E-state index is 0.129. The molecule has 0 radical (unpaired) electrons. The summed E-state index contributed by atoms with van der Waals surface area (Å²) in [5.74, 6) is -0.339. The lowest BCUT2D eigenvalue weighted by Crippen LogP contribution is -2.56. The Bertz CT molecular complexity index is 1450.